The molecule has 20 heavy (non-hydrogen) atoms. The standard InChI is InChI=1S/C15H12N2O3/c1-4-12(18-7-1)10-16-15(14-6-3-9-20-14)17-11-13-5-2-8-19-13/h1-11,15H/b16-10-,17-11+. The van der Waals surface area contributed by atoms with Crippen LogP contribution in [0.2, 0.25) is 0 Å². The van der Waals surface area contributed by atoms with Crippen LogP contribution in [0.15, 0.2) is 78.4 Å². The molecule has 1 unspecified atom stereocenters. The molecule has 3 rings (SSSR count). The van der Waals surface area contributed by atoms with Crippen molar-refractivity contribution < 1.29 is 13.3 Å². The summed E-state index contributed by atoms with van der Waals surface area (Å²) >= 11 is 0. The normalized spacial score (nSPS) is 13.4. The van der Waals surface area contributed by atoms with Crippen molar-refractivity contribution in [3.63, 3.8) is 0 Å². The SMILES string of the molecule is C(=N/C(/N=C/c1ccco1)c1ccco1)/c1ccco1. The quantitative estimate of drug-likeness (QED) is 0.663. The summed E-state index contributed by atoms with van der Waals surface area (Å²) in [6.07, 6.45) is 7.54. The summed E-state index contributed by atoms with van der Waals surface area (Å²) in [5.74, 6) is 1.97. The summed E-state index contributed by atoms with van der Waals surface area (Å²) in [7, 11) is 0. The molecule has 0 aliphatic carbocycles. The first-order valence-electron chi connectivity index (χ1n) is 6.08. The number of hydrogen-bond acceptors (Lipinski definition) is 5. The van der Waals surface area contributed by atoms with E-state index in [0.717, 1.165) is 0 Å². The third-order valence-electron chi connectivity index (χ3n) is 2.57. The largest absolute Gasteiger partial charge is 0.465 e. The molecule has 5 nitrogen and oxygen atoms in total. The molecule has 100 valence electrons. The van der Waals surface area contributed by atoms with E-state index in [4.69, 9.17) is 13.3 Å². The molecule has 0 amide bonds. The molecule has 0 radical (unpaired) electrons. The zero-order chi connectivity index (χ0) is 13.6. The number of furan rings is 3. The van der Waals surface area contributed by atoms with Crippen molar-refractivity contribution in [1.82, 2.24) is 0 Å². The van der Waals surface area contributed by atoms with Gasteiger partial charge in [-0.2, -0.15) is 0 Å². The van der Waals surface area contributed by atoms with Crippen LogP contribution in [0.5, 0.6) is 0 Å². The van der Waals surface area contributed by atoms with E-state index in [2.05, 4.69) is 9.98 Å². The number of hydrogen-bond donors (Lipinski definition) is 0. The van der Waals surface area contributed by atoms with E-state index in [0.29, 0.717) is 17.3 Å². The maximum Gasteiger partial charge on any atom is 0.197 e. The van der Waals surface area contributed by atoms with Gasteiger partial charge in [0.05, 0.1) is 31.2 Å². The van der Waals surface area contributed by atoms with Gasteiger partial charge in [-0.05, 0) is 36.4 Å². The van der Waals surface area contributed by atoms with Crippen molar-refractivity contribution in [3.8, 4) is 0 Å². The van der Waals surface area contributed by atoms with Crippen molar-refractivity contribution in [2.24, 2.45) is 9.98 Å². The Labute approximate surface area is 115 Å². The van der Waals surface area contributed by atoms with E-state index in [1.54, 1.807) is 49.4 Å². The van der Waals surface area contributed by atoms with Crippen LogP contribution in [0.4, 0.5) is 0 Å². The Bertz CT molecular complexity index is 621. The molecule has 0 spiro atoms. The van der Waals surface area contributed by atoms with E-state index < -0.39 is 6.17 Å². The molecule has 1 atom stereocenters. The molecule has 0 bridgehead atoms. The highest BCUT2D eigenvalue weighted by molar-refractivity contribution is 5.77. The van der Waals surface area contributed by atoms with Gasteiger partial charge in [-0.25, -0.2) is 0 Å². The van der Waals surface area contributed by atoms with Gasteiger partial charge in [-0.3, -0.25) is 9.98 Å². The molecule has 5 heteroatoms. The molecule has 3 aromatic rings. The molecule has 0 N–H and O–H groups in total. The van der Waals surface area contributed by atoms with Crippen LogP contribution in [-0.4, -0.2) is 12.4 Å². The average molecular weight is 268 g/mol. The van der Waals surface area contributed by atoms with Crippen LogP contribution < -0.4 is 0 Å². The topological polar surface area (TPSA) is 64.1 Å². The third-order valence-corrected chi connectivity index (χ3v) is 2.57. The van der Waals surface area contributed by atoms with Crippen molar-refractivity contribution in [2.75, 3.05) is 0 Å². The van der Waals surface area contributed by atoms with E-state index >= 15 is 0 Å². The lowest BCUT2D eigenvalue weighted by Crippen LogP contribution is -1.92. The second kappa shape index (κ2) is 5.88. The highest BCUT2D eigenvalue weighted by Gasteiger charge is 2.10. The number of aliphatic imine (C=N–C) groups is 2. The smallest absolute Gasteiger partial charge is 0.197 e. The second-order valence-corrected chi connectivity index (χ2v) is 3.98. The molecular weight excluding hydrogens is 256 g/mol. The fourth-order valence-corrected chi connectivity index (χ4v) is 1.64. The second-order valence-electron chi connectivity index (χ2n) is 3.98. The zero-order valence-electron chi connectivity index (χ0n) is 10.5. The summed E-state index contributed by atoms with van der Waals surface area (Å²) < 4.78 is 15.7. The van der Waals surface area contributed by atoms with Gasteiger partial charge in [0.15, 0.2) is 6.17 Å². The minimum absolute atomic E-state index is 0.472. The van der Waals surface area contributed by atoms with Gasteiger partial charge in [0, 0.05) is 0 Å². The summed E-state index contributed by atoms with van der Waals surface area (Å²) in [5.41, 5.74) is 0. The monoisotopic (exact) mass is 268 g/mol. The van der Waals surface area contributed by atoms with Crippen LogP contribution >= 0.6 is 0 Å². The Morgan fingerprint density at radius 2 is 1.30 bits per heavy atom. The van der Waals surface area contributed by atoms with Crippen molar-refractivity contribution >= 4 is 12.4 Å². The van der Waals surface area contributed by atoms with Gasteiger partial charge in [-0.1, -0.05) is 0 Å². The predicted octanol–water partition coefficient (Wildman–Crippen LogP) is 3.70. The van der Waals surface area contributed by atoms with Gasteiger partial charge >= 0.3 is 0 Å². The maximum atomic E-state index is 5.35. The van der Waals surface area contributed by atoms with E-state index in [1.807, 2.05) is 18.2 Å². The Balaban J connectivity index is 1.81. The van der Waals surface area contributed by atoms with Crippen molar-refractivity contribution in [2.45, 2.75) is 6.17 Å². The molecular formula is C15H12N2O3. The minimum atomic E-state index is -0.472. The predicted molar refractivity (Wildman–Crippen MR) is 74.1 cm³/mol. The molecule has 3 heterocycles. The summed E-state index contributed by atoms with van der Waals surface area (Å²) in [5, 5.41) is 0. The van der Waals surface area contributed by atoms with Crippen LogP contribution in [0.1, 0.15) is 23.4 Å². The fourth-order valence-electron chi connectivity index (χ4n) is 1.64. The average Bonchev–Trinajstić information content (AvgIpc) is 3.22. The van der Waals surface area contributed by atoms with Gasteiger partial charge in [0.25, 0.3) is 0 Å². The molecule has 0 aromatic carbocycles. The van der Waals surface area contributed by atoms with E-state index in [-0.39, 0.29) is 0 Å². The van der Waals surface area contributed by atoms with Crippen LogP contribution in [-0.2, 0) is 0 Å². The molecule has 0 saturated carbocycles. The Morgan fingerprint density at radius 1 is 0.750 bits per heavy atom. The zero-order valence-corrected chi connectivity index (χ0v) is 10.5. The van der Waals surface area contributed by atoms with Gasteiger partial charge in [-0.15, -0.1) is 0 Å². The van der Waals surface area contributed by atoms with Crippen LogP contribution in [0.3, 0.4) is 0 Å². The molecule has 0 fully saturated rings. The maximum absolute atomic E-state index is 5.35. The van der Waals surface area contributed by atoms with Crippen molar-refractivity contribution in [3.05, 3.63) is 72.5 Å². The Kier molecular flexibility index (Phi) is 3.59. The van der Waals surface area contributed by atoms with E-state index in [9.17, 15) is 0 Å². The summed E-state index contributed by atoms with van der Waals surface area (Å²) in [4.78, 5) is 8.71. The highest BCUT2D eigenvalue weighted by atomic mass is 16.3. The Morgan fingerprint density at radius 3 is 1.75 bits per heavy atom. The molecule has 0 saturated heterocycles. The van der Waals surface area contributed by atoms with Gasteiger partial charge in [0.1, 0.15) is 17.3 Å². The van der Waals surface area contributed by atoms with Gasteiger partial charge in [0.2, 0.25) is 0 Å². The van der Waals surface area contributed by atoms with E-state index in [1.165, 1.54) is 0 Å². The van der Waals surface area contributed by atoms with Crippen LogP contribution in [0.25, 0.3) is 0 Å². The lowest BCUT2D eigenvalue weighted by Gasteiger charge is -2.02. The highest BCUT2D eigenvalue weighted by Crippen LogP contribution is 2.19. The number of nitrogens with zero attached hydrogens (tertiary/aromatic N) is 2. The van der Waals surface area contributed by atoms with Crippen LogP contribution in [0, 0.1) is 0 Å². The van der Waals surface area contributed by atoms with Gasteiger partial charge < -0.3 is 13.3 Å². The summed E-state index contributed by atoms with van der Waals surface area (Å²) in [6.45, 7) is 0. The first kappa shape index (κ1) is 12.2. The lowest BCUT2D eigenvalue weighted by atomic mass is 10.3. The van der Waals surface area contributed by atoms with Crippen molar-refractivity contribution in [1.29, 1.82) is 0 Å². The lowest BCUT2D eigenvalue weighted by molar-refractivity contribution is 0.474. The molecule has 0 aliphatic heterocycles. The first-order valence-corrected chi connectivity index (χ1v) is 6.08. The fraction of sp³-hybridized carbons (Fsp3) is 0.0667. The summed E-state index contributed by atoms with van der Waals surface area (Å²) in [6, 6.07) is 10.9. The molecule has 0 aliphatic rings. The molecule has 3 aromatic heterocycles. The third kappa shape index (κ3) is 2.95. The minimum Gasteiger partial charge on any atom is -0.465 e. The first-order chi connectivity index (χ1) is 9.92. The Hall–Kier alpha value is -2.82. The number of rotatable bonds is 5.